The molecule has 0 aromatic heterocycles. The van der Waals surface area contributed by atoms with Gasteiger partial charge in [-0.25, -0.2) is 0 Å². The zero-order valence-electron chi connectivity index (χ0n) is 12.7. The van der Waals surface area contributed by atoms with Crippen LogP contribution in [0.2, 0.25) is 0 Å². The summed E-state index contributed by atoms with van der Waals surface area (Å²) < 4.78 is 0. The van der Waals surface area contributed by atoms with Crippen molar-refractivity contribution in [3.05, 3.63) is 0 Å². The second kappa shape index (κ2) is 6.74. The van der Waals surface area contributed by atoms with E-state index in [9.17, 15) is 4.79 Å². The quantitative estimate of drug-likeness (QED) is 0.848. The number of hydrogen-bond acceptors (Lipinski definition) is 2. The molecule has 0 aromatic carbocycles. The van der Waals surface area contributed by atoms with E-state index < -0.39 is 0 Å². The van der Waals surface area contributed by atoms with Crippen molar-refractivity contribution < 1.29 is 4.79 Å². The van der Waals surface area contributed by atoms with Gasteiger partial charge < -0.3 is 10.2 Å². The molecule has 0 radical (unpaired) electrons. The van der Waals surface area contributed by atoms with Gasteiger partial charge in [0.15, 0.2) is 0 Å². The van der Waals surface area contributed by atoms with Crippen molar-refractivity contribution in [1.82, 2.24) is 10.2 Å². The number of carbonyl (C=O) groups excluding carboxylic acids is 1. The molecule has 0 bridgehead atoms. The number of piperidine rings is 2. The molecule has 2 aliphatic rings. The lowest BCUT2D eigenvalue weighted by Gasteiger charge is -2.42. The second-order valence-electron chi connectivity index (χ2n) is 6.42. The van der Waals surface area contributed by atoms with E-state index in [1.165, 1.54) is 19.3 Å². The van der Waals surface area contributed by atoms with Crippen molar-refractivity contribution in [2.24, 2.45) is 11.3 Å². The molecule has 19 heavy (non-hydrogen) atoms. The molecule has 1 amide bonds. The second-order valence-corrected chi connectivity index (χ2v) is 6.42. The number of nitrogens with zero attached hydrogens (tertiary/aromatic N) is 1. The first-order chi connectivity index (χ1) is 9.22. The molecule has 0 aromatic rings. The first kappa shape index (κ1) is 14.8. The predicted octanol–water partition coefficient (Wildman–Crippen LogP) is 2.80. The molecule has 2 rings (SSSR count). The van der Waals surface area contributed by atoms with Crippen molar-refractivity contribution in [1.29, 1.82) is 0 Å². The molecule has 2 heterocycles. The molecule has 2 aliphatic heterocycles. The van der Waals surface area contributed by atoms with Crippen LogP contribution in [0.4, 0.5) is 0 Å². The predicted molar refractivity (Wildman–Crippen MR) is 79.0 cm³/mol. The monoisotopic (exact) mass is 266 g/mol. The lowest BCUT2D eigenvalue weighted by Crippen LogP contribution is -2.51. The number of hydrogen-bond donors (Lipinski definition) is 1. The number of nitrogens with one attached hydrogen (secondary N) is 1. The minimum Gasteiger partial charge on any atom is -0.342 e. The third kappa shape index (κ3) is 3.31. The molecule has 0 aliphatic carbocycles. The highest BCUT2D eigenvalue weighted by Gasteiger charge is 2.41. The Labute approximate surface area is 118 Å². The van der Waals surface area contributed by atoms with E-state index in [1.54, 1.807) is 0 Å². The van der Waals surface area contributed by atoms with E-state index in [0.29, 0.717) is 5.91 Å². The van der Waals surface area contributed by atoms with Crippen molar-refractivity contribution in [2.75, 3.05) is 26.2 Å². The molecule has 3 heteroatoms. The Balaban J connectivity index is 1.99. The Bertz CT molecular complexity index is 284. The lowest BCUT2D eigenvalue weighted by molar-refractivity contribution is -0.146. The van der Waals surface area contributed by atoms with Crippen molar-refractivity contribution in [3.63, 3.8) is 0 Å². The van der Waals surface area contributed by atoms with Crippen LogP contribution in [-0.2, 0) is 4.79 Å². The Kier molecular flexibility index (Phi) is 5.26. The largest absolute Gasteiger partial charge is 0.342 e. The van der Waals surface area contributed by atoms with E-state index in [-0.39, 0.29) is 5.41 Å². The summed E-state index contributed by atoms with van der Waals surface area (Å²) in [5.41, 5.74) is -0.0426. The average Bonchev–Trinajstić information content (AvgIpc) is 2.48. The van der Waals surface area contributed by atoms with E-state index in [2.05, 4.69) is 24.1 Å². The van der Waals surface area contributed by atoms with Crippen LogP contribution in [0.5, 0.6) is 0 Å². The Morgan fingerprint density at radius 2 is 1.84 bits per heavy atom. The van der Waals surface area contributed by atoms with Gasteiger partial charge in [-0.2, -0.15) is 0 Å². The molecule has 0 spiro atoms. The van der Waals surface area contributed by atoms with Crippen LogP contribution in [0.3, 0.4) is 0 Å². The van der Waals surface area contributed by atoms with Crippen LogP contribution in [0.1, 0.15) is 58.8 Å². The van der Waals surface area contributed by atoms with Gasteiger partial charge in [0, 0.05) is 13.1 Å². The summed E-state index contributed by atoms with van der Waals surface area (Å²) in [5, 5.41) is 3.40. The maximum absolute atomic E-state index is 13.0. The van der Waals surface area contributed by atoms with Crippen LogP contribution in [-0.4, -0.2) is 37.0 Å². The molecule has 0 saturated carbocycles. The fourth-order valence-electron chi connectivity index (χ4n) is 3.83. The smallest absolute Gasteiger partial charge is 0.228 e. The van der Waals surface area contributed by atoms with Gasteiger partial charge in [-0.05, 0) is 51.1 Å². The van der Waals surface area contributed by atoms with Crippen LogP contribution in [0.15, 0.2) is 0 Å². The highest BCUT2D eigenvalue weighted by atomic mass is 16.2. The summed E-state index contributed by atoms with van der Waals surface area (Å²) in [7, 11) is 0. The van der Waals surface area contributed by atoms with Gasteiger partial charge in [0.1, 0.15) is 0 Å². The summed E-state index contributed by atoms with van der Waals surface area (Å²) in [6.07, 6.45) is 7.95. The minimum atomic E-state index is -0.0426. The average molecular weight is 266 g/mol. The van der Waals surface area contributed by atoms with Crippen LogP contribution >= 0.6 is 0 Å². The molecule has 0 atom stereocenters. The maximum Gasteiger partial charge on any atom is 0.228 e. The van der Waals surface area contributed by atoms with E-state index >= 15 is 0 Å². The molecule has 0 unspecified atom stereocenters. The fourth-order valence-corrected chi connectivity index (χ4v) is 3.83. The number of likely N-dealkylation sites (tertiary alicyclic amines) is 1. The number of rotatable bonds is 4. The molecule has 2 saturated heterocycles. The topological polar surface area (TPSA) is 32.3 Å². The van der Waals surface area contributed by atoms with Crippen LogP contribution in [0, 0.1) is 11.3 Å². The zero-order chi connectivity index (χ0) is 13.7. The summed E-state index contributed by atoms with van der Waals surface area (Å²) >= 11 is 0. The molecule has 3 nitrogen and oxygen atoms in total. The van der Waals surface area contributed by atoms with Gasteiger partial charge in [-0.1, -0.05) is 26.7 Å². The van der Waals surface area contributed by atoms with E-state index in [0.717, 1.165) is 57.8 Å². The molecule has 110 valence electrons. The summed E-state index contributed by atoms with van der Waals surface area (Å²) in [6.45, 7) is 8.49. The Morgan fingerprint density at radius 1 is 1.21 bits per heavy atom. The van der Waals surface area contributed by atoms with Crippen molar-refractivity contribution in [2.45, 2.75) is 58.8 Å². The van der Waals surface area contributed by atoms with Crippen LogP contribution in [0.25, 0.3) is 0 Å². The summed E-state index contributed by atoms with van der Waals surface area (Å²) in [4.78, 5) is 15.1. The third-order valence-electron chi connectivity index (χ3n) is 5.22. The molecular weight excluding hydrogens is 236 g/mol. The summed E-state index contributed by atoms with van der Waals surface area (Å²) in [6, 6.07) is 0. The van der Waals surface area contributed by atoms with Gasteiger partial charge in [0.25, 0.3) is 0 Å². The van der Waals surface area contributed by atoms with Gasteiger partial charge in [0.2, 0.25) is 5.91 Å². The first-order valence-corrected chi connectivity index (χ1v) is 8.22. The number of carbonyl (C=O) groups is 1. The fraction of sp³-hybridized carbons (Fsp3) is 0.938. The molecule has 2 fully saturated rings. The van der Waals surface area contributed by atoms with Gasteiger partial charge >= 0.3 is 0 Å². The molecule has 1 N–H and O–H groups in total. The molecular formula is C16H30N2O. The SMILES string of the molecule is CCCC1(C(=O)N2CCC(CC)CC2)CCNCC1. The zero-order valence-corrected chi connectivity index (χ0v) is 12.7. The van der Waals surface area contributed by atoms with Gasteiger partial charge in [-0.15, -0.1) is 0 Å². The first-order valence-electron chi connectivity index (χ1n) is 8.22. The van der Waals surface area contributed by atoms with Gasteiger partial charge in [-0.3, -0.25) is 4.79 Å². The highest BCUT2D eigenvalue weighted by molar-refractivity contribution is 5.83. The van der Waals surface area contributed by atoms with Crippen LogP contribution < -0.4 is 5.32 Å². The normalized spacial score (nSPS) is 24.4. The maximum atomic E-state index is 13.0. The number of amides is 1. The van der Waals surface area contributed by atoms with Crippen molar-refractivity contribution in [3.8, 4) is 0 Å². The minimum absolute atomic E-state index is 0.0426. The Morgan fingerprint density at radius 3 is 2.37 bits per heavy atom. The van der Waals surface area contributed by atoms with Crippen molar-refractivity contribution >= 4 is 5.91 Å². The summed E-state index contributed by atoms with van der Waals surface area (Å²) in [5.74, 6) is 1.31. The van der Waals surface area contributed by atoms with E-state index in [4.69, 9.17) is 0 Å². The van der Waals surface area contributed by atoms with Gasteiger partial charge in [0.05, 0.1) is 5.41 Å². The standard InChI is InChI=1S/C16H30N2O/c1-3-7-16(8-10-17-11-9-16)15(19)18-12-5-14(4-2)6-13-18/h14,17H,3-13H2,1-2H3. The Hall–Kier alpha value is -0.570. The highest BCUT2D eigenvalue weighted by Crippen LogP contribution is 2.37. The lowest BCUT2D eigenvalue weighted by atomic mass is 9.73. The van der Waals surface area contributed by atoms with E-state index in [1.807, 2.05) is 0 Å². The third-order valence-corrected chi connectivity index (χ3v) is 5.22.